The van der Waals surface area contributed by atoms with Crippen LogP contribution in [-0.2, 0) is 46.7 Å². The van der Waals surface area contributed by atoms with Crippen molar-refractivity contribution in [2.45, 2.75) is 155 Å². The van der Waals surface area contributed by atoms with E-state index in [0.29, 0.717) is 102 Å². The van der Waals surface area contributed by atoms with E-state index >= 15 is 0 Å². The van der Waals surface area contributed by atoms with Crippen molar-refractivity contribution in [1.29, 1.82) is 0 Å². The molecule has 0 aromatic heterocycles. The van der Waals surface area contributed by atoms with Gasteiger partial charge in [-0.25, -0.2) is 9.69 Å². The fourth-order valence-electron chi connectivity index (χ4n) is 14.6. The highest BCUT2D eigenvalue weighted by Crippen LogP contribution is 2.58. The molecule has 2 aliphatic carbocycles. The number of unbranched alkanes of at least 4 members (excludes halogenated alkanes) is 2. The number of hydrogen-bond acceptors (Lipinski definition) is 19. The van der Waals surface area contributed by atoms with Gasteiger partial charge in [0.15, 0.2) is 29.2 Å². The summed E-state index contributed by atoms with van der Waals surface area (Å²) in [7, 11) is 3.03. The number of aliphatic hydroxyl groups excluding tert-OH is 1. The summed E-state index contributed by atoms with van der Waals surface area (Å²) in [6, 6.07) is 25.0. The Bertz CT molecular complexity index is 4250. The lowest BCUT2D eigenvalue weighted by Crippen LogP contribution is -2.55. The average molecular weight is 1440 g/mol. The first-order valence-electron chi connectivity index (χ1n) is 36.1. The van der Waals surface area contributed by atoms with E-state index in [1.165, 1.54) is 39.0 Å². The zero-order chi connectivity index (χ0) is 74.4. The molecule has 28 heteroatoms. The number of aliphatic imine (C=N–C) groups is 1. The Hall–Kier alpha value is -10.8. The smallest absolute Gasteiger partial charge is 0.416 e. The van der Waals surface area contributed by atoms with Crippen molar-refractivity contribution in [2.24, 2.45) is 32.7 Å². The van der Waals surface area contributed by atoms with E-state index in [-0.39, 0.29) is 90.6 Å². The standard InChI is InChI=1S/C77H93N13O15/c1-44(2)67(85-65(93)39-81-64(92)38-80-63(91)23-24-66(94)87-40-48-15-9-10-16-51(48)68(82-45(3)4)69(86-78)52-17-11-12-18-56(52)87)71(96)83-46(5)70(95)84-49-21-19-47(20-22-49)41-105-75(100)90-57-34-62(60(102-7)32-54(57)73(98)89-43-77(27-28-77)36-58(89)74(90)99)104-30-14-8-13-29-103-61-33-55-53(31-59(61)101-6)72(97)88-42-76(25-26-76)35-50(88)37-79-55/h9-12,15-22,31-34,44-46,50,58,67,74,79,99H,8,13-14,23-30,35-43,78H2,1-7H3,(H,80,91)(H,81,92)(H,83,96)(H,84,95)(H,85,93)/t46-,50?,58?,67-,74-/m0/s1. The third-order valence-electron chi connectivity index (χ3n) is 20.7. The molecule has 28 nitrogen and oxygen atoms in total. The number of para-hydroxylation sites is 1. The summed E-state index contributed by atoms with van der Waals surface area (Å²) in [6.45, 7) is 10.2. The maximum absolute atomic E-state index is 14.5. The number of ether oxygens (including phenoxy) is 5. The zero-order valence-corrected chi connectivity index (χ0v) is 60.3. The topological polar surface area (TPSA) is 356 Å². The molecule has 5 aromatic rings. The predicted octanol–water partition coefficient (Wildman–Crippen LogP) is 6.93. The number of hydrazone groups is 1. The molecule has 5 atom stereocenters. The molecule has 5 aromatic carbocycles. The number of aliphatic hydroxyl groups is 1. The van der Waals surface area contributed by atoms with E-state index in [9.17, 15) is 48.3 Å². The van der Waals surface area contributed by atoms with Crippen molar-refractivity contribution < 1.29 is 71.9 Å². The number of amides is 9. The largest absolute Gasteiger partial charge is 0.493 e. The summed E-state index contributed by atoms with van der Waals surface area (Å²) < 4.78 is 29.9. The van der Waals surface area contributed by atoms with Gasteiger partial charge in [0.2, 0.25) is 35.4 Å². The molecular weight excluding hydrogens is 1350 g/mol. The second kappa shape index (κ2) is 31.7. The lowest BCUT2D eigenvalue weighted by atomic mass is 9.91. The molecule has 5 aliphatic heterocycles. The number of methoxy groups -OCH3 is 2. The van der Waals surface area contributed by atoms with Gasteiger partial charge in [-0.2, -0.15) is 5.10 Å². The Morgan fingerprint density at radius 1 is 0.657 bits per heavy atom. The molecule has 4 fully saturated rings. The summed E-state index contributed by atoms with van der Waals surface area (Å²) in [4.78, 5) is 134. The normalized spacial score (nSPS) is 19.8. The Balaban J connectivity index is 0.588. The van der Waals surface area contributed by atoms with Crippen LogP contribution in [0.5, 0.6) is 23.0 Å². The Kier molecular flexibility index (Phi) is 22.3. The lowest BCUT2D eigenvalue weighted by Gasteiger charge is -2.31. The molecule has 9 amide bonds. The molecule has 2 unspecified atom stereocenters. The van der Waals surface area contributed by atoms with Gasteiger partial charge in [-0.3, -0.25) is 43.3 Å². The van der Waals surface area contributed by atoms with Gasteiger partial charge >= 0.3 is 6.09 Å². The monoisotopic (exact) mass is 1440 g/mol. The molecule has 12 rings (SSSR count). The zero-order valence-electron chi connectivity index (χ0n) is 60.3. The van der Waals surface area contributed by atoms with Gasteiger partial charge in [0.25, 0.3) is 11.8 Å². The number of nitrogens with one attached hydrogen (secondary N) is 6. The number of rotatable bonds is 26. The minimum Gasteiger partial charge on any atom is -0.493 e. The van der Waals surface area contributed by atoms with E-state index in [0.717, 1.165) is 47.5 Å². The molecular formula is C77H93N13O15. The van der Waals surface area contributed by atoms with Gasteiger partial charge in [-0.1, -0.05) is 68.4 Å². The maximum Gasteiger partial charge on any atom is 0.416 e. The molecule has 0 bridgehead atoms. The van der Waals surface area contributed by atoms with Crippen molar-refractivity contribution >= 4 is 87.5 Å². The van der Waals surface area contributed by atoms with Crippen LogP contribution in [0.4, 0.5) is 27.5 Å². The fraction of sp³-hybridized carbons (Fsp3) is 0.468. The van der Waals surface area contributed by atoms with Gasteiger partial charge in [-0.15, -0.1) is 0 Å². The highest BCUT2D eigenvalue weighted by molar-refractivity contribution is 6.55. The fourth-order valence-corrected chi connectivity index (χ4v) is 14.6. The second-order valence-electron chi connectivity index (χ2n) is 29.0. The predicted molar refractivity (Wildman–Crippen MR) is 391 cm³/mol. The summed E-state index contributed by atoms with van der Waals surface area (Å²) >= 11 is 0. The van der Waals surface area contributed by atoms with Crippen LogP contribution in [0, 0.1) is 16.7 Å². The van der Waals surface area contributed by atoms with E-state index in [4.69, 9.17) is 34.5 Å². The summed E-state index contributed by atoms with van der Waals surface area (Å²) in [5.74, 6) is 3.16. The molecule has 2 saturated heterocycles. The highest BCUT2D eigenvalue weighted by atomic mass is 16.6. The number of hydrogen-bond donors (Lipinski definition) is 8. The van der Waals surface area contributed by atoms with Crippen molar-refractivity contribution in [1.82, 2.24) is 31.1 Å². The summed E-state index contributed by atoms with van der Waals surface area (Å²) in [6.07, 6.45) is 4.84. The molecule has 7 aliphatic rings. The number of fused-ring (bicyclic) bond motifs is 6. The van der Waals surface area contributed by atoms with E-state index < -0.39 is 79.0 Å². The van der Waals surface area contributed by atoms with Gasteiger partial charge in [-0.05, 0) is 137 Å². The van der Waals surface area contributed by atoms with Crippen LogP contribution in [0.15, 0.2) is 107 Å². The Labute approximate surface area is 609 Å². The Morgan fingerprint density at radius 2 is 1.29 bits per heavy atom. The van der Waals surface area contributed by atoms with Crippen molar-refractivity contribution in [2.75, 3.05) is 80.6 Å². The third-order valence-corrected chi connectivity index (χ3v) is 20.7. The molecule has 105 heavy (non-hydrogen) atoms. The summed E-state index contributed by atoms with van der Waals surface area (Å²) in [5.41, 5.74) is 6.31. The van der Waals surface area contributed by atoms with E-state index in [1.807, 2.05) is 61.2 Å². The number of carbonyl (C=O) groups excluding carboxylic acids is 9. The van der Waals surface area contributed by atoms with Crippen molar-refractivity contribution in [3.8, 4) is 23.0 Å². The molecule has 2 saturated carbocycles. The SMILES string of the molecule is COc1cc2c(cc1OCCCCCOc1cc3c(cc1OC)C(=O)N1CC4(CC4)CC1[C@H](O)N3C(=O)OCc1ccc(NC(=O)[C@H](C)NC(=O)[C@@H](NC(=O)CNC(=O)CNC(=O)CCC(=O)N3Cc4ccccc4C(=NC(C)C)C(=NN)c4ccccc43)C(C)C)cc1)NCC1CC3(CC3)CN1C2=O. The first-order chi connectivity index (χ1) is 50.5. The minimum atomic E-state index is -1.47. The maximum atomic E-state index is 14.5. The van der Waals surface area contributed by atoms with Gasteiger partial charge in [0.05, 0.1) is 87.0 Å². The number of nitrogens with zero attached hydrogens (tertiary/aromatic N) is 6. The highest BCUT2D eigenvalue weighted by Gasteiger charge is 2.58. The molecule has 9 N–H and O–H groups in total. The number of carbonyl (C=O) groups is 9. The number of anilines is 4. The quantitative estimate of drug-likeness (QED) is 0.0158. The van der Waals surface area contributed by atoms with Crippen LogP contribution in [0.25, 0.3) is 0 Å². The van der Waals surface area contributed by atoms with Crippen LogP contribution < -0.4 is 66.5 Å². The van der Waals surface area contributed by atoms with Gasteiger partial charge < -0.3 is 81.2 Å². The van der Waals surface area contributed by atoms with Gasteiger partial charge in [0, 0.05) is 73.5 Å². The first-order valence-corrected chi connectivity index (χ1v) is 36.1. The van der Waals surface area contributed by atoms with Crippen LogP contribution in [0.1, 0.15) is 148 Å². The number of benzene rings is 5. The van der Waals surface area contributed by atoms with Gasteiger partial charge in [0.1, 0.15) is 24.4 Å². The van der Waals surface area contributed by atoms with Crippen molar-refractivity contribution in [3.63, 3.8) is 0 Å². The molecule has 0 radical (unpaired) electrons. The third kappa shape index (κ3) is 16.6. The van der Waals surface area contributed by atoms with E-state index in [2.05, 4.69) is 37.0 Å². The van der Waals surface area contributed by atoms with E-state index in [1.54, 1.807) is 73.2 Å². The second-order valence-corrected chi connectivity index (χ2v) is 29.0. The molecule has 556 valence electrons. The summed E-state index contributed by atoms with van der Waals surface area (Å²) in [5, 5.41) is 32.7. The molecule has 5 heterocycles. The van der Waals surface area contributed by atoms with Crippen LogP contribution in [0.2, 0.25) is 0 Å². The molecule has 2 spiro atoms. The van der Waals surface area contributed by atoms with Crippen LogP contribution in [-0.4, -0.2) is 176 Å². The minimum absolute atomic E-state index is 0.0173. The lowest BCUT2D eigenvalue weighted by molar-refractivity contribution is -0.132. The Morgan fingerprint density at radius 3 is 1.96 bits per heavy atom. The van der Waals surface area contributed by atoms with Crippen LogP contribution in [0.3, 0.4) is 0 Å². The average Bonchev–Trinajstić information content (AvgIpc) is 1.74. The number of nitrogens with two attached hydrogens (primary N) is 1. The first kappa shape index (κ1) is 74.0. The van der Waals surface area contributed by atoms with Crippen LogP contribution >= 0.6 is 0 Å². The van der Waals surface area contributed by atoms with Crippen molar-refractivity contribution in [3.05, 3.63) is 130 Å².